The summed E-state index contributed by atoms with van der Waals surface area (Å²) in [6, 6.07) is 5.62. The summed E-state index contributed by atoms with van der Waals surface area (Å²) in [6.07, 6.45) is -3.97. The second-order valence-electron chi connectivity index (χ2n) is 4.14. The van der Waals surface area contributed by atoms with E-state index in [9.17, 15) is 13.2 Å². The zero-order valence-electron chi connectivity index (χ0n) is 8.83. The summed E-state index contributed by atoms with van der Waals surface area (Å²) in [5, 5.41) is 11.2. The van der Waals surface area contributed by atoms with Gasteiger partial charge in [0.05, 0.1) is 5.41 Å². The molecule has 92 valence electrons. The SMILES string of the molecule is N/C(=N\O)c1ccc(C2(C(F)(F)F)CC2)cc1. The number of halogens is 3. The highest BCUT2D eigenvalue weighted by Gasteiger charge is 2.64. The van der Waals surface area contributed by atoms with Crippen LogP contribution < -0.4 is 5.73 Å². The van der Waals surface area contributed by atoms with E-state index < -0.39 is 11.6 Å². The van der Waals surface area contributed by atoms with Crippen LogP contribution in [0.15, 0.2) is 29.4 Å². The lowest BCUT2D eigenvalue weighted by Crippen LogP contribution is -2.28. The quantitative estimate of drug-likeness (QED) is 0.363. The predicted molar refractivity (Wildman–Crippen MR) is 55.9 cm³/mol. The van der Waals surface area contributed by atoms with Gasteiger partial charge in [-0.2, -0.15) is 13.2 Å². The smallest absolute Gasteiger partial charge is 0.398 e. The Labute approximate surface area is 95.7 Å². The highest BCUT2D eigenvalue weighted by atomic mass is 19.4. The first-order valence-electron chi connectivity index (χ1n) is 5.06. The summed E-state index contributed by atoms with van der Waals surface area (Å²) >= 11 is 0. The van der Waals surface area contributed by atoms with E-state index in [1.165, 1.54) is 24.3 Å². The maximum absolute atomic E-state index is 12.8. The van der Waals surface area contributed by atoms with Crippen LogP contribution in [0.3, 0.4) is 0 Å². The van der Waals surface area contributed by atoms with Crippen molar-refractivity contribution in [2.75, 3.05) is 0 Å². The fraction of sp³-hybridized carbons (Fsp3) is 0.364. The van der Waals surface area contributed by atoms with Gasteiger partial charge in [0.1, 0.15) is 0 Å². The number of nitrogens with zero attached hydrogens (tertiary/aromatic N) is 1. The van der Waals surface area contributed by atoms with Crippen molar-refractivity contribution in [2.24, 2.45) is 10.9 Å². The largest absolute Gasteiger partial charge is 0.409 e. The van der Waals surface area contributed by atoms with Gasteiger partial charge < -0.3 is 10.9 Å². The molecule has 0 unspecified atom stereocenters. The Morgan fingerprint density at radius 1 is 1.24 bits per heavy atom. The Bertz CT molecular complexity index is 447. The number of rotatable bonds is 2. The number of alkyl halides is 3. The lowest BCUT2D eigenvalue weighted by molar-refractivity contribution is -0.160. The number of oxime groups is 1. The van der Waals surface area contributed by atoms with E-state index in [1.54, 1.807) is 0 Å². The maximum Gasteiger partial charge on any atom is 0.398 e. The molecule has 0 aromatic heterocycles. The van der Waals surface area contributed by atoms with Gasteiger partial charge in [-0.15, -0.1) is 0 Å². The molecule has 0 radical (unpaired) electrons. The third-order valence-electron chi connectivity index (χ3n) is 3.13. The molecule has 6 heteroatoms. The number of hydrogen-bond donors (Lipinski definition) is 2. The molecule has 0 amide bonds. The fourth-order valence-electron chi connectivity index (χ4n) is 1.88. The van der Waals surface area contributed by atoms with Crippen LogP contribution in [-0.4, -0.2) is 17.2 Å². The Hall–Kier alpha value is -1.72. The first-order chi connectivity index (χ1) is 7.90. The van der Waals surface area contributed by atoms with Crippen LogP contribution in [0.4, 0.5) is 13.2 Å². The highest BCUT2D eigenvalue weighted by molar-refractivity contribution is 5.97. The third kappa shape index (κ3) is 1.83. The molecule has 1 aromatic carbocycles. The Balaban J connectivity index is 2.31. The first-order valence-corrected chi connectivity index (χ1v) is 5.06. The van der Waals surface area contributed by atoms with E-state index in [1.807, 2.05) is 0 Å². The topological polar surface area (TPSA) is 58.6 Å². The van der Waals surface area contributed by atoms with E-state index in [2.05, 4.69) is 5.16 Å². The minimum absolute atomic E-state index is 0.117. The van der Waals surface area contributed by atoms with Crippen LogP contribution in [0.1, 0.15) is 24.0 Å². The van der Waals surface area contributed by atoms with Gasteiger partial charge in [0, 0.05) is 5.56 Å². The molecule has 0 aliphatic heterocycles. The minimum Gasteiger partial charge on any atom is -0.409 e. The number of amidine groups is 1. The first kappa shape index (κ1) is 11.8. The molecule has 2 rings (SSSR count). The molecular weight excluding hydrogens is 233 g/mol. The molecule has 1 aromatic rings. The van der Waals surface area contributed by atoms with Gasteiger partial charge in [0.15, 0.2) is 5.84 Å². The van der Waals surface area contributed by atoms with E-state index in [4.69, 9.17) is 10.9 Å². The third-order valence-corrected chi connectivity index (χ3v) is 3.13. The molecule has 1 saturated carbocycles. The Kier molecular flexibility index (Phi) is 2.52. The number of benzene rings is 1. The average molecular weight is 244 g/mol. The van der Waals surface area contributed by atoms with Gasteiger partial charge in [-0.25, -0.2) is 0 Å². The number of hydrogen-bond acceptors (Lipinski definition) is 2. The zero-order chi connectivity index (χ0) is 12.7. The van der Waals surface area contributed by atoms with Crippen LogP contribution in [0.2, 0.25) is 0 Å². The second kappa shape index (κ2) is 3.65. The van der Waals surface area contributed by atoms with Crippen LogP contribution in [-0.2, 0) is 5.41 Å². The zero-order valence-corrected chi connectivity index (χ0v) is 8.83. The van der Waals surface area contributed by atoms with Gasteiger partial charge in [0.2, 0.25) is 0 Å². The molecule has 0 spiro atoms. The van der Waals surface area contributed by atoms with Crippen LogP contribution in [0.25, 0.3) is 0 Å². The highest BCUT2D eigenvalue weighted by Crippen LogP contribution is 2.58. The molecule has 1 fully saturated rings. The Morgan fingerprint density at radius 3 is 2.12 bits per heavy atom. The van der Waals surface area contributed by atoms with Gasteiger partial charge in [-0.3, -0.25) is 0 Å². The maximum atomic E-state index is 12.8. The standard InChI is InChI=1S/C11H11F3N2O/c12-11(13,14)10(5-6-10)8-3-1-7(2-4-8)9(15)16-17/h1-4,17H,5-6H2,(H2,15,16). The molecule has 1 aliphatic carbocycles. The number of nitrogens with two attached hydrogens (primary N) is 1. The van der Waals surface area contributed by atoms with Crippen molar-refractivity contribution in [3.05, 3.63) is 35.4 Å². The summed E-state index contributed by atoms with van der Waals surface area (Å²) in [5.74, 6) is -0.117. The summed E-state index contributed by atoms with van der Waals surface area (Å²) < 4.78 is 38.5. The van der Waals surface area contributed by atoms with Crippen LogP contribution in [0, 0.1) is 0 Å². The van der Waals surface area contributed by atoms with E-state index in [-0.39, 0.29) is 24.2 Å². The molecular formula is C11H11F3N2O. The monoisotopic (exact) mass is 244 g/mol. The van der Waals surface area contributed by atoms with Crippen LogP contribution in [0.5, 0.6) is 0 Å². The second-order valence-corrected chi connectivity index (χ2v) is 4.14. The average Bonchev–Trinajstić information content (AvgIpc) is 3.08. The van der Waals surface area contributed by atoms with Crippen molar-refractivity contribution in [1.29, 1.82) is 0 Å². The normalized spacial score (nSPS) is 19.1. The van der Waals surface area contributed by atoms with Gasteiger partial charge in [0.25, 0.3) is 0 Å². The van der Waals surface area contributed by atoms with Crippen molar-refractivity contribution < 1.29 is 18.4 Å². The lowest BCUT2D eigenvalue weighted by atomic mass is 9.94. The summed E-state index contributed by atoms with van der Waals surface area (Å²) in [7, 11) is 0. The summed E-state index contributed by atoms with van der Waals surface area (Å²) in [5.41, 5.74) is 4.28. The molecule has 0 atom stereocenters. The van der Waals surface area contributed by atoms with Gasteiger partial charge >= 0.3 is 6.18 Å². The van der Waals surface area contributed by atoms with Gasteiger partial charge in [-0.05, 0) is 18.4 Å². The fourth-order valence-corrected chi connectivity index (χ4v) is 1.88. The van der Waals surface area contributed by atoms with Gasteiger partial charge in [-0.1, -0.05) is 29.4 Å². The van der Waals surface area contributed by atoms with Crippen molar-refractivity contribution in [3.8, 4) is 0 Å². The molecule has 0 heterocycles. The van der Waals surface area contributed by atoms with E-state index in [0.717, 1.165) is 0 Å². The minimum atomic E-state index is -4.22. The molecule has 0 saturated heterocycles. The Morgan fingerprint density at radius 2 is 1.76 bits per heavy atom. The summed E-state index contributed by atoms with van der Waals surface area (Å²) in [4.78, 5) is 0. The van der Waals surface area contributed by atoms with E-state index >= 15 is 0 Å². The molecule has 0 bridgehead atoms. The van der Waals surface area contributed by atoms with E-state index in [0.29, 0.717) is 5.56 Å². The van der Waals surface area contributed by atoms with Crippen molar-refractivity contribution in [2.45, 2.75) is 24.4 Å². The van der Waals surface area contributed by atoms with Crippen molar-refractivity contribution >= 4 is 5.84 Å². The van der Waals surface area contributed by atoms with Crippen molar-refractivity contribution in [3.63, 3.8) is 0 Å². The van der Waals surface area contributed by atoms with Crippen LogP contribution >= 0.6 is 0 Å². The molecule has 3 nitrogen and oxygen atoms in total. The molecule has 1 aliphatic rings. The molecule has 3 N–H and O–H groups in total. The predicted octanol–water partition coefficient (Wildman–Crippen LogP) is 2.38. The molecule has 17 heavy (non-hydrogen) atoms. The van der Waals surface area contributed by atoms with Crippen molar-refractivity contribution in [1.82, 2.24) is 0 Å². The summed E-state index contributed by atoms with van der Waals surface area (Å²) in [6.45, 7) is 0. The lowest BCUT2D eigenvalue weighted by Gasteiger charge is -2.19.